The highest BCUT2D eigenvalue weighted by Crippen LogP contribution is 2.41. The van der Waals surface area contributed by atoms with Gasteiger partial charge in [0.15, 0.2) is 0 Å². The fourth-order valence-corrected chi connectivity index (χ4v) is 3.19. The van der Waals surface area contributed by atoms with Gasteiger partial charge in [0.25, 0.3) is 0 Å². The number of rotatable bonds is 4. The smallest absolute Gasteiger partial charge is 0.221 e. The Hall–Kier alpha value is -1.57. The number of hydrogen-bond acceptors (Lipinski definition) is 1. The van der Waals surface area contributed by atoms with Crippen molar-refractivity contribution >= 4 is 5.91 Å². The lowest BCUT2D eigenvalue weighted by Gasteiger charge is -2.43. The number of allylic oxidation sites excluding steroid dienone is 2. The lowest BCUT2D eigenvalue weighted by atomic mass is 9.71. The molecule has 1 atom stereocenters. The van der Waals surface area contributed by atoms with Gasteiger partial charge < -0.3 is 5.32 Å². The Kier molecular flexibility index (Phi) is 3.41. The molecule has 2 nitrogen and oxygen atoms in total. The summed E-state index contributed by atoms with van der Waals surface area (Å²) in [5.74, 6) is 0.660. The minimum absolute atomic E-state index is 0.0827. The van der Waals surface area contributed by atoms with E-state index in [9.17, 15) is 4.79 Å². The number of benzene rings is 1. The van der Waals surface area contributed by atoms with Crippen LogP contribution in [0.5, 0.6) is 0 Å². The zero-order valence-corrected chi connectivity index (χ0v) is 11.3. The molecule has 0 aliphatic heterocycles. The van der Waals surface area contributed by atoms with E-state index < -0.39 is 0 Å². The Bertz CT molecular complexity index is 473. The molecule has 1 unspecified atom stereocenters. The van der Waals surface area contributed by atoms with Gasteiger partial charge in [-0.05, 0) is 43.6 Å². The first-order valence-electron chi connectivity index (χ1n) is 7.32. The fraction of sp³-hybridized carbons (Fsp3) is 0.471. The molecule has 0 aromatic heterocycles. The zero-order chi connectivity index (χ0) is 13.1. The molecule has 1 N–H and O–H groups in total. The van der Waals surface area contributed by atoms with Crippen LogP contribution in [0.1, 0.15) is 44.1 Å². The monoisotopic (exact) mass is 255 g/mol. The molecule has 1 saturated carbocycles. The van der Waals surface area contributed by atoms with Crippen LogP contribution in [0.3, 0.4) is 0 Å². The standard InChI is InChI=1S/C17H21NO/c19-16(13-14-7-4-5-8-14)18-17(11-6-12-17)15-9-2-1-3-10-15/h1-4,7,9-10,14H,5-6,8,11-13H2,(H,18,19). The van der Waals surface area contributed by atoms with Gasteiger partial charge in [-0.2, -0.15) is 0 Å². The van der Waals surface area contributed by atoms with E-state index in [-0.39, 0.29) is 11.4 Å². The van der Waals surface area contributed by atoms with Gasteiger partial charge >= 0.3 is 0 Å². The summed E-state index contributed by atoms with van der Waals surface area (Å²) in [6, 6.07) is 10.4. The van der Waals surface area contributed by atoms with Crippen molar-refractivity contribution in [2.24, 2.45) is 5.92 Å². The molecule has 100 valence electrons. The summed E-state index contributed by atoms with van der Waals surface area (Å²) < 4.78 is 0. The molecule has 1 fully saturated rings. The van der Waals surface area contributed by atoms with Gasteiger partial charge in [0.2, 0.25) is 5.91 Å². The van der Waals surface area contributed by atoms with E-state index in [1.807, 2.05) is 6.07 Å². The normalized spacial score (nSPS) is 23.9. The van der Waals surface area contributed by atoms with Gasteiger partial charge in [-0.25, -0.2) is 0 Å². The average Bonchev–Trinajstić information content (AvgIpc) is 2.88. The molecule has 1 amide bonds. The Balaban J connectivity index is 1.66. The highest BCUT2D eigenvalue weighted by Gasteiger charge is 2.39. The van der Waals surface area contributed by atoms with E-state index in [4.69, 9.17) is 0 Å². The number of carbonyl (C=O) groups excluding carboxylic acids is 1. The summed E-state index contributed by atoms with van der Waals surface area (Å²) in [5, 5.41) is 3.30. The van der Waals surface area contributed by atoms with Crippen LogP contribution in [-0.4, -0.2) is 5.91 Å². The van der Waals surface area contributed by atoms with Crippen molar-refractivity contribution in [3.05, 3.63) is 48.0 Å². The Labute approximate surface area is 114 Å². The van der Waals surface area contributed by atoms with Crippen molar-refractivity contribution < 1.29 is 4.79 Å². The molecule has 19 heavy (non-hydrogen) atoms. The molecule has 0 bridgehead atoms. The molecular weight excluding hydrogens is 234 g/mol. The average molecular weight is 255 g/mol. The highest BCUT2D eigenvalue weighted by atomic mass is 16.1. The number of amides is 1. The molecule has 0 heterocycles. The summed E-state index contributed by atoms with van der Waals surface area (Å²) in [7, 11) is 0. The van der Waals surface area contributed by atoms with Crippen molar-refractivity contribution in [2.45, 2.75) is 44.1 Å². The number of nitrogens with one attached hydrogen (secondary N) is 1. The minimum Gasteiger partial charge on any atom is -0.347 e. The summed E-state index contributed by atoms with van der Waals surface area (Å²) in [5.41, 5.74) is 1.18. The summed E-state index contributed by atoms with van der Waals surface area (Å²) in [6.45, 7) is 0. The fourth-order valence-electron chi connectivity index (χ4n) is 3.19. The molecule has 2 heteroatoms. The second-order valence-corrected chi connectivity index (χ2v) is 5.82. The molecule has 2 aliphatic rings. The van der Waals surface area contributed by atoms with E-state index in [0.29, 0.717) is 12.3 Å². The third-order valence-electron chi connectivity index (χ3n) is 4.47. The molecular formula is C17H21NO. The van der Waals surface area contributed by atoms with Crippen LogP contribution >= 0.6 is 0 Å². The molecule has 0 saturated heterocycles. The van der Waals surface area contributed by atoms with Crippen LogP contribution in [0.15, 0.2) is 42.5 Å². The van der Waals surface area contributed by atoms with Crippen LogP contribution in [0.4, 0.5) is 0 Å². The topological polar surface area (TPSA) is 29.1 Å². The van der Waals surface area contributed by atoms with Crippen molar-refractivity contribution in [2.75, 3.05) is 0 Å². The predicted molar refractivity (Wildman–Crippen MR) is 76.6 cm³/mol. The second-order valence-electron chi connectivity index (χ2n) is 5.82. The second kappa shape index (κ2) is 5.20. The van der Waals surface area contributed by atoms with Crippen LogP contribution in [0.2, 0.25) is 0 Å². The predicted octanol–water partition coefficient (Wildman–Crippen LogP) is 3.54. The van der Waals surface area contributed by atoms with Crippen molar-refractivity contribution in [3.63, 3.8) is 0 Å². The zero-order valence-electron chi connectivity index (χ0n) is 11.3. The van der Waals surface area contributed by atoms with Crippen molar-refractivity contribution in [3.8, 4) is 0 Å². The minimum atomic E-state index is -0.0827. The molecule has 2 aliphatic carbocycles. The maximum absolute atomic E-state index is 12.2. The Morgan fingerprint density at radius 1 is 1.26 bits per heavy atom. The van der Waals surface area contributed by atoms with Crippen molar-refractivity contribution in [1.29, 1.82) is 0 Å². The maximum Gasteiger partial charge on any atom is 0.221 e. The van der Waals surface area contributed by atoms with E-state index in [1.165, 1.54) is 12.0 Å². The molecule has 1 aromatic rings. The van der Waals surface area contributed by atoms with Gasteiger partial charge in [0, 0.05) is 6.42 Å². The van der Waals surface area contributed by atoms with Crippen LogP contribution in [-0.2, 0) is 10.3 Å². The lowest BCUT2D eigenvalue weighted by molar-refractivity contribution is -0.125. The Morgan fingerprint density at radius 3 is 2.63 bits per heavy atom. The first-order valence-corrected chi connectivity index (χ1v) is 7.32. The number of hydrogen-bond donors (Lipinski definition) is 1. The van der Waals surface area contributed by atoms with Gasteiger partial charge in [-0.15, -0.1) is 0 Å². The van der Waals surface area contributed by atoms with Gasteiger partial charge in [0.1, 0.15) is 0 Å². The highest BCUT2D eigenvalue weighted by molar-refractivity contribution is 5.77. The van der Waals surface area contributed by atoms with Crippen LogP contribution in [0, 0.1) is 5.92 Å². The van der Waals surface area contributed by atoms with E-state index in [1.54, 1.807) is 0 Å². The van der Waals surface area contributed by atoms with Crippen molar-refractivity contribution in [1.82, 2.24) is 5.32 Å². The van der Waals surface area contributed by atoms with Gasteiger partial charge in [0.05, 0.1) is 5.54 Å². The summed E-state index contributed by atoms with van der Waals surface area (Å²) in [4.78, 5) is 12.2. The SMILES string of the molecule is O=C(CC1C=CCC1)NC1(c2ccccc2)CCC1. The molecule has 3 rings (SSSR count). The lowest BCUT2D eigenvalue weighted by Crippen LogP contribution is -2.51. The van der Waals surface area contributed by atoms with E-state index in [0.717, 1.165) is 25.7 Å². The van der Waals surface area contributed by atoms with Gasteiger partial charge in [-0.3, -0.25) is 4.79 Å². The first-order chi connectivity index (χ1) is 9.28. The van der Waals surface area contributed by atoms with E-state index in [2.05, 4.69) is 41.7 Å². The van der Waals surface area contributed by atoms with E-state index >= 15 is 0 Å². The quantitative estimate of drug-likeness (QED) is 0.819. The van der Waals surface area contributed by atoms with Crippen LogP contribution in [0.25, 0.3) is 0 Å². The largest absolute Gasteiger partial charge is 0.347 e. The third-order valence-corrected chi connectivity index (χ3v) is 4.47. The summed E-state index contributed by atoms with van der Waals surface area (Å²) in [6.07, 6.45) is 10.6. The maximum atomic E-state index is 12.2. The number of carbonyl (C=O) groups is 1. The summed E-state index contributed by atoms with van der Waals surface area (Å²) >= 11 is 0. The van der Waals surface area contributed by atoms with Gasteiger partial charge in [-0.1, -0.05) is 42.5 Å². The molecule has 1 aromatic carbocycles. The third kappa shape index (κ3) is 2.58. The molecule has 0 radical (unpaired) electrons. The Morgan fingerprint density at radius 2 is 2.05 bits per heavy atom. The molecule has 0 spiro atoms. The van der Waals surface area contributed by atoms with Crippen LogP contribution < -0.4 is 5.32 Å². The first kappa shape index (κ1) is 12.5.